The summed E-state index contributed by atoms with van der Waals surface area (Å²) in [4.78, 5) is 44.5. The van der Waals surface area contributed by atoms with Crippen LogP contribution in [0.4, 0.5) is 14.4 Å². The number of carbonyl (C=O) groups is 3. The maximum absolute atomic E-state index is 13.7. The van der Waals surface area contributed by atoms with E-state index in [1.165, 1.54) is 4.90 Å². The lowest BCUT2D eigenvalue weighted by Gasteiger charge is -2.49. The molecule has 4 aromatic carbocycles. The third-order valence-corrected chi connectivity index (χ3v) is 10.9. The van der Waals surface area contributed by atoms with Gasteiger partial charge < -0.3 is 54.2 Å². The van der Waals surface area contributed by atoms with Crippen molar-refractivity contribution in [3.8, 4) is 0 Å². The molecule has 17 nitrogen and oxygen atoms in total. The molecule has 3 amide bonds. The van der Waals surface area contributed by atoms with Gasteiger partial charge in [-0.1, -0.05) is 126 Å². The van der Waals surface area contributed by atoms with Gasteiger partial charge in [-0.15, -0.1) is 0 Å². The molecule has 2 fully saturated rings. The molecule has 1 heterocycles. The van der Waals surface area contributed by atoms with Gasteiger partial charge >= 0.3 is 18.3 Å². The molecule has 1 saturated heterocycles. The van der Waals surface area contributed by atoms with E-state index < -0.39 is 79.3 Å². The largest absolute Gasteiger partial charge is 0.445 e. The number of rotatable bonds is 16. The smallest absolute Gasteiger partial charge is 0.410 e. The molecule has 62 heavy (non-hydrogen) atoms. The Kier molecular flexibility index (Phi) is 16.5. The molecule has 1 unspecified atom stereocenters. The maximum atomic E-state index is 13.7. The van der Waals surface area contributed by atoms with Crippen molar-refractivity contribution in [2.24, 2.45) is 5.11 Å². The number of amides is 3. The van der Waals surface area contributed by atoms with Crippen molar-refractivity contribution in [2.75, 3.05) is 7.05 Å². The minimum absolute atomic E-state index is 0.0525. The second kappa shape index (κ2) is 22.6. The predicted molar refractivity (Wildman–Crippen MR) is 224 cm³/mol. The second-order valence-corrected chi connectivity index (χ2v) is 15.1. The number of nitrogens with one attached hydrogen (secondary N) is 2. The number of hydrogen-bond donors (Lipinski definition) is 4. The lowest BCUT2D eigenvalue weighted by Crippen LogP contribution is -2.73. The number of likely N-dealkylation sites (N-methyl/N-ethyl adjacent to an activating group) is 1. The quantitative estimate of drug-likeness (QED) is 0.0435. The topological polar surface area (TPSA) is 223 Å². The summed E-state index contributed by atoms with van der Waals surface area (Å²) in [6, 6.07) is 32.0. The monoisotopic (exact) mass is 852 g/mol. The first-order valence-corrected chi connectivity index (χ1v) is 20.4. The van der Waals surface area contributed by atoms with Crippen LogP contribution in [0, 0.1) is 0 Å². The van der Waals surface area contributed by atoms with Crippen LogP contribution < -0.4 is 10.6 Å². The van der Waals surface area contributed by atoms with E-state index >= 15 is 0 Å². The Bertz CT molecular complexity index is 2070. The van der Waals surface area contributed by atoms with Crippen LogP contribution in [0.15, 0.2) is 126 Å². The van der Waals surface area contributed by atoms with Crippen LogP contribution in [-0.2, 0) is 54.8 Å². The Labute approximate surface area is 359 Å². The minimum Gasteiger partial charge on any atom is -0.445 e. The summed E-state index contributed by atoms with van der Waals surface area (Å²) in [5.41, 5.74) is 12.5. The molecule has 4 N–H and O–H groups in total. The molecule has 0 aromatic heterocycles. The molecule has 328 valence electrons. The number of alkyl carbamates (subject to hydrolysis) is 2. The van der Waals surface area contributed by atoms with Crippen LogP contribution in [0.1, 0.15) is 42.0 Å². The second-order valence-electron chi connectivity index (χ2n) is 15.1. The first kappa shape index (κ1) is 45.3. The fourth-order valence-corrected chi connectivity index (χ4v) is 7.35. The molecule has 4 aromatic rings. The summed E-state index contributed by atoms with van der Waals surface area (Å²) >= 11 is 0. The third kappa shape index (κ3) is 12.4. The van der Waals surface area contributed by atoms with Crippen molar-refractivity contribution in [1.29, 1.82) is 0 Å². The predicted octanol–water partition coefficient (Wildman–Crippen LogP) is 6.12. The summed E-state index contributed by atoms with van der Waals surface area (Å²) in [5, 5.41) is 33.1. The van der Waals surface area contributed by atoms with Crippen molar-refractivity contribution < 1.29 is 53.0 Å². The lowest BCUT2D eigenvalue weighted by molar-refractivity contribution is -0.271. The van der Waals surface area contributed by atoms with Gasteiger partial charge in [0.1, 0.15) is 44.2 Å². The van der Waals surface area contributed by atoms with E-state index in [4.69, 9.17) is 28.4 Å². The Morgan fingerprint density at radius 1 is 0.710 bits per heavy atom. The molecule has 10 atom stereocenters. The van der Waals surface area contributed by atoms with Crippen LogP contribution in [0.2, 0.25) is 0 Å². The zero-order valence-electron chi connectivity index (χ0n) is 34.4. The van der Waals surface area contributed by atoms with E-state index in [9.17, 15) is 30.1 Å². The Hall–Kier alpha value is -6.20. The van der Waals surface area contributed by atoms with Crippen molar-refractivity contribution in [2.45, 2.75) is 107 Å². The molecule has 2 aliphatic rings. The van der Waals surface area contributed by atoms with E-state index in [1.807, 2.05) is 72.8 Å². The van der Waals surface area contributed by atoms with E-state index in [0.29, 0.717) is 17.5 Å². The zero-order valence-corrected chi connectivity index (χ0v) is 34.4. The molecule has 6 rings (SSSR count). The van der Waals surface area contributed by atoms with Gasteiger partial charge in [-0.05, 0) is 47.6 Å². The first-order chi connectivity index (χ1) is 30.1. The minimum atomic E-state index is -1.81. The molecular weight excluding hydrogens is 801 g/mol. The highest BCUT2D eigenvalue weighted by molar-refractivity contribution is 5.69. The average molecular weight is 853 g/mol. The first-order valence-electron chi connectivity index (χ1n) is 20.4. The normalized spacial score (nSPS) is 24.9. The number of azide groups is 1. The molecule has 17 heteroatoms. The molecule has 1 saturated carbocycles. The molecule has 1 aliphatic heterocycles. The highest BCUT2D eigenvalue weighted by Crippen LogP contribution is 2.33. The summed E-state index contributed by atoms with van der Waals surface area (Å²) in [6.07, 6.45) is -10.2. The number of aliphatic hydroxyl groups excluding tert-OH is 2. The average Bonchev–Trinajstić information content (AvgIpc) is 3.31. The van der Waals surface area contributed by atoms with Gasteiger partial charge in [0.25, 0.3) is 0 Å². The molecule has 0 spiro atoms. The fourth-order valence-electron chi connectivity index (χ4n) is 7.35. The Balaban J connectivity index is 1.26. The van der Waals surface area contributed by atoms with Gasteiger partial charge in [0.2, 0.25) is 0 Å². The summed E-state index contributed by atoms with van der Waals surface area (Å²) < 4.78 is 36.0. The van der Waals surface area contributed by atoms with E-state index in [0.717, 1.165) is 11.1 Å². The van der Waals surface area contributed by atoms with Crippen molar-refractivity contribution in [1.82, 2.24) is 15.5 Å². The van der Waals surface area contributed by atoms with Gasteiger partial charge in [0.05, 0.1) is 36.9 Å². The fraction of sp³-hybridized carbons (Fsp3) is 0.400. The highest BCUT2D eigenvalue weighted by Gasteiger charge is 2.54. The van der Waals surface area contributed by atoms with Gasteiger partial charge in [0, 0.05) is 12.0 Å². The SMILES string of the molecule is CC([C@@H]1CC[C@@H](N=[N+]=[N-])[C@@H](O[C@H]2[C@H](O)[C@@H](O)[C@H](NC(=O)OCc3ccccc3)[C@@H](OCc3ccccc3)[C@@H]2NC(=O)OCc2ccccc2)O1)N(C)C(=O)OCc1ccccc1. The van der Waals surface area contributed by atoms with Crippen LogP contribution in [0.5, 0.6) is 0 Å². The molecule has 0 radical (unpaired) electrons. The number of hydrogen-bond acceptors (Lipinski definition) is 12. The van der Waals surface area contributed by atoms with Crippen LogP contribution >= 0.6 is 0 Å². The molecule has 0 bridgehead atoms. The van der Waals surface area contributed by atoms with Crippen molar-refractivity contribution in [3.63, 3.8) is 0 Å². The van der Waals surface area contributed by atoms with Gasteiger partial charge in [-0.2, -0.15) is 0 Å². The number of nitrogens with zero attached hydrogens (tertiary/aromatic N) is 4. The highest BCUT2D eigenvalue weighted by atomic mass is 16.7. The Morgan fingerprint density at radius 3 is 1.68 bits per heavy atom. The third-order valence-electron chi connectivity index (χ3n) is 10.9. The van der Waals surface area contributed by atoms with Gasteiger partial charge in [-0.25, -0.2) is 14.4 Å². The van der Waals surface area contributed by atoms with Crippen molar-refractivity contribution >= 4 is 18.3 Å². The molecular formula is C45H52N6O11. The lowest BCUT2D eigenvalue weighted by atomic mass is 9.81. The number of benzene rings is 4. The standard InChI is InChI=1S/C45H52N6O11/c1-29(51(2)45(56)60-28-33-21-13-6-14-22-33)35-24-23-34(49-50-46)42(61-35)62-41-37(48-44(55)59-27-32-19-11-5-12-20-32)40(57-25-30-15-7-3-8-16-30)36(38(52)39(41)53)47-43(54)58-26-31-17-9-4-10-18-31/h3-22,29,34-42,52-53H,23-28H2,1-2H3,(H,47,54)(H,48,55)/t29?,34-,35+,36+,37+,38+,39-,40-,41-,42-/m1/s1. The number of aliphatic hydroxyl groups is 2. The van der Waals surface area contributed by atoms with E-state index in [2.05, 4.69) is 20.7 Å². The van der Waals surface area contributed by atoms with E-state index in [-0.39, 0.29) is 32.8 Å². The maximum Gasteiger partial charge on any atom is 0.410 e. The van der Waals surface area contributed by atoms with Gasteiger partial charge in [-0.3, -0.25) is 0 Å². The van der Waals surface area contributed by atoms with Gasteiger partial charge in [0.15, 0.2) is 6.29 Å². The summed E-state index contributed by atoms with van der Waals surface area (Å²) in [7, 11) is 1.58. The van der Waals surface area contributed by atoms with Crippen LogP contribution in [0.25, 0.3) is 10.4 Å². The number of carbonyl (C=O) groups excluding carboxylic acids is 3. The summed E-state index contributed by atoms with van der Waals surface area (Å²) in [6.45, 7) is 1.58. The van der Waals surface area contributed by atoms with Crippen LogP contribution in [0.3, 0.4) is 0 Å². The summed E-state index contributed by atoms with van der Waals surface area (Å²) in [5.74, 6) is 0. The van der Waals surface area contributed by atoms with Crippen LogP contribution in [-0.4, -0.2) is 101 Å². The van der Waals surface area contributed by atoms with E-state index in [1.54, 1.807) is 62.5 Å². The number of ether oxygens (including phenoxy) is 6. The van der Waals surface area contributed by atoms with Crippen molar-refractivity contribution in [3.05, 3.63) is 154 Å². The zero-order chi connectivity index (χ0) is 43.8. The molecule has 1 aliphatic carbocycles. The Morgan fingerprint density at radius 2 is 1.18 bits per heavy atom.